The summed E-state index contributed by atoms with van der Waals surface area (Å²) >= 11 is 0. The van der Waals surface area contributed by atoms with Crippen molar-refractivity contribution in [3.8, 4) is 6.07 Å². The SMILES string of the molecule is CC(NC(=O)c1ccccc1NC(=O)CN(c1cccc(C#N)c1)S(C)(=O)=O)c1ccccc1. The number of nitrogens with zero attached hydrogens (tertiary/aromatic N) is 2. The van der Waals surface area contributed by atoms with Crippen LogP contribution in [0, 0.1) is 11.3 Å². The van der Waals surface area contributed by atoms with E-state index in [2.05, 4.69) is 10.6 Å². The summed E-state index contributed by atoms with van der Waals surface area (Å²) in [6.45, 7) is 1.33. The van der Waals surface area contributed by atoms with Crippen LogP contribution in [0.5, 0.6) is 0 Å². The molecule has 0 heterocycles. The molecule has 1 unspecified atom stereocenters. The van der Waals surface area contributed by atoms with E-state index in [1.54, 1.807) is 24.3 Å². The van der Waals surface area contributed by atoms with Crippen LogP contribution < -0.4 is 14.9 Å². The molecule has 0 saturated carbocycles. The molecular formula is C25H24N4O4S. The maximum atomic E-state index is 12.9. The van der Waals surface area contributed by atoms with Gasteiger partial charge in [-0.3, -0.25) is 13.9 Å². The van der Waals surface area contributed by atoms with Gasteiger partial charge in [0, 0.05) is 0 Å². The monoisotopic (exact) mass is 476 g/mol. The van der Waals surface area contributed by atoms with Crippen LogP contribution >= 0.6 is 0 Å². The van der Waals surface area contributed by atoms with Crippen molar-refractivity contribution in [1.29, 1.82) is 5.26 Å². The van der Waals surface area contributed by atoms with Gasteiger partial charge < -0.3 is 10.6 Å². The van der Waals surface area contributed by atoms with Gasteiger partial charge in [0.25, 0.3) is 5.91 Å². The quantitative estimate of drug-likeness (QED) is 0.516. The number of amides is 2. The summed E-state index contributed by atoms with van der Waals surface area (Å²) in [4.78, 5) is 25.7. The highest BCUT2D eigenvalue weighted by Gasteiger charge is 2.22. The molecule has 0 fully saturated rings. The van der Waals surface area contributed by atoms with Crippen molar-refractivity contribution in [2.75, 3.05) is 22.4 Å². The predicted molar refractivity (Wildman–Crippen MR) is 131 cm³/mol. The molecule has 3 aromatic rings. The number of carbonyl (C=O) groups is 2. The lowest BCUT2D eigenvalue weighted by molar-refractivity contribution is -0.114. The molecule has 0 aliphatic heterocycles. The van der Waals surface area contributed by atoms with E-state index in [0.29, 0.717) is 0 Å². The first-order chi connectivity index (χ1) is 16.2. The first kappa shape index (κ1) is 24.5. The highest BCUT2D eigenvalue weighted by Crippen LogP contribution is 2.21. The molecule has 0 aliphatic rings. The topological polar surface area (TPSA) is 119 Å². The summed E-state index contributed by atoms with van der Waals surface area (Å²) < 4.78 is 25.6. The fourth-order valence-corrected chi connectivity index (χ4v) is 4.19. The summed E-state index contributed by atoms with van der Waals surface area (Å²) in [5, 5.41) is 14.6. The molecule has 0 spiro atoms. The number of anilines is 2. The molecule has 2 N–H and O–H groups in total. The third kappa shape index (κ3) is 6.21. The molecular weight excluding hydrogens is 452 g/mol. The summed E-state index contributed by atoms with van der Waals surface area (Å²) in [5.74, 6) is -1.02. The summed E-state index contributed by atoms with van der Waals surface area (Å²) in [6.07, 6.45) is 0.978. The fraction of sp³-hybridized carbons (Fsp3) is 0.160. The van der Waals surface area contributed by atoms with E-state index in [0.717, 1.165) is 16.1 Å². The summed E-state index contributed by atoms with van der Waals surface area (Å²) in [6, 6.07) is 23.6. The normalized spacial score (nSPS) is 11.7. The van der Waals surface area contributed by atoms with E-state index in [4.69, 9.17) is 5.26 Å². The Morgan fingerprint density at radius 2 is 1.68 bits per heavy atom. The predicted octanol–water partition coefficient (Wildman–Crippen LogP) is 3.45. The van der Waals surface area contributed by atoms with Crippen LogP contribution in [-0.4, -0.2) is 33.0 Å². The van der Waals surface area contributed by atoms with Gasteiger partial charge in [-0.1, -0.05) is 48.5 Å². The summed E-state index contributed by atoms with van der Waals surface area (Å²) in [7, 11) is -3.82. The molecule has 9 heteroatoms. The van der Waals surface area contributed by atoms with E-state index in [1.165, 1.54) is 24.3 Å². The molecule has 0 aliphatic carbocycles. The number of benzene rings is 3. The van der Waals surface area contributed by atoms with Gasteiger partial charge in [0.05, 0.1) is 40.9 Å². The molecule has 3 aromatic carbocycles. The van der Waals surface area contributed by atoms with Crippen molar-refractivity contribution in [2.24, 2.45) is 0 Å². The Labute approximate surface area is 198 Å². The third-order valence-electron chi connectivity index (χ3n) is 5.04. The number of sulfonamides is 1. The van der Waals surface area contributed by atoms with Crippen LogP contribution in [0.2, 0.25) is 0 Å². The van der Waals surface area contributed by atoms with Gasteiger partial charge in [0.15, 0.2) is 0 Å². The molecule has 1 atom stereocenters. The second-order valence-electron chi connectivity index (χ2n) is 7.63. The van der Waals surface area contributed by atoms with Crippen molar-refractivity contribution >= 4 is 33.2 Å². The number of carbonyl (C=O) groups excluding carboxylic acids is 2. The van der Waals surface area contributed by atoms with Gasteiger partial charge in [0.2, 0.25) is 15.9 Å². The van der Waals surface area contributed by atoms with Crippen LogP contribution in [0.1, 0.15) is 34.5 Å². The van der Waals surface area contributed by atoms with Gasteiger partial charge >= 0.3 is 0 Å². The van der Waals surface area contributed by atoms with E-state index in [-0.39, 0.29) is 34.5 Å². The zero-order valence-electron chi connectivity index (χ0n) is 18.7. The lowest BCUT2D eigenvalue weighted by Gasteiger charge is -2.22. The lowest BCUT2D eigenvalue weighted by atomic mass is 10.1. The molecule has 34 heavy (non-hydrogen) atoms. The smallest absolute Gasteiger partial charge is 0.253 e. The number of hydrogen-bond acceptors (Lipinski definition) is 5. The van der Waals surface area contributed by atoms with E-state index in [9.17, 15) is 18.0 Å². The number of hydrogen-bond donors (Lipinski definition) is 2. The van der Waals surface area contributed by atoms with Crippen molar-refractivity contribution in [3.63, 3.8) is 0 Å². The number of para-hydroxylation sites is 1. The average Bonchev–Trinajstić information content (AvgIpc) is 2.82. The van der Waals surface area contributed by atoms with Gasteiger partial charge in [-0.25, -0.2) is 8.42 Å². The zero-order valence-corrected chi connectivity index (χ0v) is 19.5. The minimum Gasteiger partial charge on any atom is -0.345 e. The van der Waals surface area contributed by atoms with E-state index < -0.39 is 22.5 Å². The number of rotatable bonds is 8. The molecule has 0 saturated heterocycles. The molecule has 2 amide bonds. The largest absolute Gasteiger partial charge is 0.345 e. The maximum absolute atomic E-state index is 12.9. The van der Waals surface area contributed by atoms with Crippen molar-refractivity contribution < 1.29 is 18.0 Å². The Bertz CT molecular complexity index is 1330. The first-order valence-corrected chi connectivity index (χ1v) is 12.3. The highest BCUT2D eigenvalue weighted by molar-refractivity contribution is 7.92. The van der Waals surface area contributed by atoms with Gasteiger partial charge in [-0.15, -0.1) is 0 Å². The van der Waals surface area contributed by atoms with Crippen LogP contribution in [0.15, 0.2) is 78.9 Å². The van der Waals surface area contributed by atoms with Gasteiger partial charge in [-0.05, 0) is 42.8 Å². The Hall–Kier alpha value is -4.16. The second-order valence-corrected chi connectivity index (χ2v) is 9.54. The molecule has 174 valence electrons. The van der Waals surface area contributed by atoms with Crippen molar-refractivity contribution in [2.45, 2.75) is 13.0 Å². The molecule has 8 nitrogen and oxygen atoms in total. The standard InChI is InChI=1S/C25H24N4O4S/c1-18(20-10-4-3-5-11-20)27-25(31)22-13-6-7-14-23(22)28-24(30)17-29(34(2,32)33)21-12-8-9-19(15-21)16-26/h3-15,18H,17H2,1-2H3,(H,27,31)(H,28,30). The Morgan fingerprint density at radius 3 is 2.35 bits per heavy atom. The number of nitriles is 1. The Kier molecular flexibility index (Phi) is 7.66. The molecule has 0 aromatic heterocycles. The van der Waals surface area contributed by atoms with Gasteiger partial charge in [0.1, 0.15) is 6.54 Å². The minimum atomic E-state index is -3.82. The maximum Gasteiger partial charge on any atom is 0.253 e. The molecule has 0 radical (unpaired) electrons. The van der Waals surface area contributed by atoms with Crippen LogP contribution in [0.3, 0.4) is 0 Å². The first-order valence-electron chi connectivity index (χ1n) is 10.4. The molecule has 3 rings (SSSR count). The zero-order chi connectivity index (χ0) is 24.7. The minimum absolute atomic E-state index is 0.194. The Balaban J connectivity index is 1.78. The van der Waals surface area contributed by atoms with Crippen LogP contribution in [-0.2, 0) is 14.8 Å². The van der Waals surface area contributed by atoms with Crippen molar-refractivity contribution in [1.82, 2.24) is 5.32 Å². The van der Waals surface area contributed by atoms with Crippen molar-refractivity contribution in [3.05, 3.63) is 95.6 Å². The van der Waals surface area contributed by atoms with E-state index in [1.807, 2.05) is 43.3 Å². The second kappa shape index (κ2) is 10.6. The van der Waals surface area contributed by atoms with Crippen LogP contribution in [0.4, 0.5) is 11.4 Å². The summed E-state index contributed by atoms with van der Waals surface area (Å²) in [5.41, 5.74) is 1.89. The third-order valence-corrected chi connectivity index (χ3v) is 6.18. The van der Waals surface area contributed by atoms with Crippen LogP contribution in [0.25, 0.3) is 0 Å². The number of nitrogens with one attached hydrogen (secondary N) is 2. The van der Waals surface area contributed by atoms with Gasteiger partial charge in [-0.2, -0.15) is 5.26 Å². The van der Waals surface area contributed by atoms with E-state index >= 15 is 0 Å². The highest BCUT2D eigenvalue weighted by atomic mass is 32.2. The fourth-order valence-electron chi connectivity index (χ4n) is 3.34. The average molecular weight is 477 g/mol. The molecule has 0 bridgehead atoms. The Morgan fingerprint density at radius 1 is 1.00 bits per heavy atom. The lowest BCUT2D eigenvalue weighted by Crippen LogP contribution is -2.38.